The zero-order chi connectivity index (χ0) is 11.8. The minimum atomic E-state index is 0.652. The summed E-state index contributed by atoms with van der Waals surface area (Å²) in [5.41, 5.74) is 1.23. The Bertz CT molecular complexity index is 304. The molecule has 3 heteroatoms. The molecule has 1 aromatic carbocycles. The van der Waals surface area contributed by atoms with E-state index in [9.17, 15) is 0 Å². The Kier molecular flexibility index (Phi) is 6.34. The Hall–Kier alpha value is -0.670. The predicted molar refractivity (Wildman–Crippen MR) is 72.3 cm³/mol. The first kappa shape index (κ1) is 13.4. The van der Waals surface area contributed by atoms with Gasteiger partial charge in [0.1, 0.15) is 5.75 Å². The zero-order valence-electron chi connectivity index (χ0n) is 10.3. The summed E-state index contributed by atoms with van der Waals surface area (Å²) in [6.07, 6.45) is 2.14. The molecule has 90 valence electrons. The van der Waals surface area contributed by atoms with Crippen molar-refractivity contribution in [3.8, 4) is 5.75 Å². The quantitative estimate of drug-likeness (QED) is 0.790. The third kappa shape index (κ3) is 4.45. The van der Waals surface area contributed by atoms with Crippen molar-refractivity contribution in [1.82, 2.24) is 5.32 Å². The fraction of sp³-hybridized carbons (Fsp3) is 0.538. The molecule has 0 aromatic heterocycles. The van der Waals surface area contributed by atoms with Gasteiger partial charge in [0, 0.05) is 23.9 Å². The molecule has 2 nitrogen and oxygen atoms in total. The molecule has 1 rings (SSSR count). The van der Waals surface area contributed by atoms with Crippen LogP contribution in [0, 0.1) is 0 Å². The van der Waals surface area contributed by atoms with Crippen LogP contribution >= 0.6 is 11.8 Å². The van der Waals surface area contributed by atoms with Crippen molar-refractivity contribution < 1.29 is 4.74 Å². The Morgan fingerprint density at radius 1 is 1.38 bits per heavy atom. The Morgan fingerprint density at radius 3 is 2.81 bits per heavy atom. The highest BCUT2D eigenvalue weighted by Gasteiger charge is 2.03. The number of para-hydroxylation sites is 1. The van der Waals surface area contributed by atoms with Crippen LogP contribution in [0.4, 0.5) is 0 Å². The van der Waals surface area contributed by atoms with Gasteiger partial charge in [0.15, 0.2) is 0 Å². The van der Waals surface area contributed by atoms with E-state index >= 15 is 0 Å². The summed E-state index contributed by atoms with van der Waals surface area (Å²) in [6, 6.07) is 8.21. The van der Waals surface area contributed by atoms with E-state index in [0.717, 1.165) is 25.4 Å². The summed E-state index contributed by atoms with van der Waals surface area (Å²) in [7, 11) is 0. The summed E-state index contributed by atoms with van der Waals surface area (Å²) in [4.78, 5) is 0. The molecule has 16 heavy (non-hydrogen) atoms. The Morgan fingerprint density at radius 2 is 2.12 bits per heavy atom. The van der Waals surface area contributed by atoms with E-state index in [4.69, 9.17) is 4.74 Å². The van der Waals surface area contributed by atoms with Gasteiger partial charge in [0.05, 0.1) is 6.61 Å². The first-order chi connectivity index (χ1) is 7.77. The van der Waals surface area contributed by atoms with Crippen molar-refractivity contribution in [1.29, 1.82) is 0 Å². The van der Waals surface area contributed by atoms with Crippen LogP contribution in [-0.2, 0) is 6.54 Å². The van der Waals surface area contributed by atoms with Gasteiger partial charge in [-0.25, -0.2) is 0 Å². The van der Waals surface area contributed by atoms with E-state index in [1.165, 1.54) is 5.56 Å². The lowest BCUT2D eigenvalue weighted by Gasteiger charge is -2.12. The number of ether oxygens (including phenoxy) is 1. The molecule has 1 unspecified atom stereocenters. The second-order valence-electron chi connectivity index (χ2n) is 3.72. The Balaban J connectivity index is 2.46. The van der Waals surface area contributed by atoms with Gasteiger partial charge >= 0.3 is 0 Å². The molecule has 1 N–H and O–H groups in total. The lowest BCUT2D eigenvalue weighted by atomic mass is 10.2. The summed E-state index contributed by atoms with van der Waals surface area (Å²) < 4.78 is 5.58. The molecular formula is C13H21NOS. The van der Waals surface area contributed by atoms with Crippen LogP contribution in [0.1, 0.15) is 19.4 Å². The largest absolute Gasteiger partial charge is 0.494 e. The molecule has 0 spiro atoms. The molecule has 0 saturated heterocycles. The van der Waals surface area contributed by atoms with E-state index in [-0.39, 0.29) is 0 Å². The van der Waals surface area contributed by atoms with E-state index < -0.39 is 0 Å². The molecule has 0 radical (unpaired) electrons. The molecule has 1 atom stereocenters. The van der Waals surface area contributed by atoms with Crippen LogP contribution < -0.4 is 10.1 Å². The van der Waals surface area contributed by atoms with Crippen LogP contribution in [0.5, 0.6) is 5.75 Å². The third-order valence-corrected chi connectivity index (χ3v) is 3.39. The summed E-state index contributed by atoms with van der Waals surface area (Å²) in [5, 5.41) is 4.10. The van der Waals surface area contributed by atoms with Gasteiger partial charge in [-0.05, 0) is 19.2 Å². The van der Waals surface area contributed by atoms with Gasteiger partial charge in [0.2, 0.25) is 0 Å². The lowest BCUT2D eigenvalue weighted by Crippen LogP contribution is -2.22. The van der Waals surface area contributed by atoms with Crippen LogP contribution in [0.3, 0.4) is 0 Å². The monoisotopic (exact) mass is 239 g/mol. The van der Waals surface area contributed by atoms with Crippen molar-refractivity contribution in [2.45, 2.75) is 25.6 Å². The highest BCUT2D eigenvalue weighted by Crippen LogP contribution is 2.17. The third-order valence-electron chi connectivity index (χ3n) is 2.42. The average Bonchev–Trinajstić information content (AvgIpc) is 2.31. The SMILES string of the molecule is CCOc1ccccc1CNCC(C)SC. The van der Waals surface area contributed by atoms with Gasteiger partial charge in [-0.1, -0.05) is 25.1 Å². The second kappa shape index (κ2) is 7.58. The van der Waals surface area contributed by atoms with E-state index in [2.05, 4.69) is 30.6 Å². The molecule has 0 amide bonds. The molecule has 0 bridgehead atoms. The second-order valence-corrected chi connectivity index (χ2v) is 4.99. The maximum Gasteiger partial charge on any atom is 0.123 e. The molecule has 0 saturated carbocycles. The van der Waals surface area contributed by atoms with E-state index in [1.807, 2.05) is 30.8 Å². The standard InChI is InChI=1S/C13H21NOS/c1-4-15-13-8-6-5-7-12(13)10-14-9-11(2)16-3/h5-8,11,14H,4,9-10H2,1-3H3. The van der Waals surface area contributed by atoms with Gasteiger partial charge < -0.3 is 10.1 Å². The first-order valence-corrected chi connectivity index (χ1v) is 7.01. The number of thioether (sulfide) groups is 1. The molecule has 1 aromatic rings. The first-order valence-electron chi connectivity index (χ1n) is 5.72. The zero-order valence-corrected chi connectivity index (χ0v) is 11.1. The van der Waals surface area contributed by atoms with Crippen LogP contribution in [-0.4, -0.2) is 24.7 Å². The van der Waals surface area contributed by atoms with E-state index in [1.54, 1.807) is 0 Å². The molecular weight excluding hydrogens is 218 g/mol. The van der Waals surface area contributed by atoms with Gasteiger partial charge in [-0.2, -0.15) is 11.8 Å². The summed E-state index contributed by atoms with van der Waals surface area (Å²) in [6.45, 7) is 6.87. The number of rotatable bonds is 7. The summed E-state index contributed by atoms with van der Waals surface area (Å²) >= 11 is 1.88. The van der Waals surface area contributed by atoms with Crippen molar-refractivity contribution in [2.24, 2.45) is 0 Å². The van der Waals surface area contributed by atoms with Crippen molar-refractivity contribution in [2.75, 3.05) is 19.4 Å². The van der Waals surface area contributed by atoms with Gasteiger partial charge in [-0.3, -0.25) is 0 Å². The fourth-order valence-electron chi connectivity index (χ4n) is 1.44. The van der Waals surface area contributed by atoms with Crippen molar-refractivity contribution in [3.05, 3.63) is 29.8 Å². The summed E-state index contributed by atoms with van der Waals surface area (Å²) in [5.74, 6) is 0.995. The number of hydrogen-bond acceptors (Lipinski definition) is 3. The highest BCUT2D eigenvalue weighted by atomic mass is 32.2. The van der Waals surface area contributed by atoms with Crippen molar-refractivity contribution >= 4 is 11.8 Å². The molecule has 0 aliphatic carbocycles. The smallest absolute Gasteiger partial charge is 0.123 e. The maximum absolute atomic E-state index is 5.58. The van der Waals surface area contributed by atoms with Crippen LogP contribution in [0.25, 0.3) is 0 Å². The van der Waals surface area contributed by atoms with Gasteiger partial charge in [-0.15, -0.1) is 0 Å². The predicted octanol–water partition coefficient (Wildman–Crippen LogP) is 2.93. The van der Waals surface area contributed by atoms with E-state index in [0.29, 0.717) is 5.25 Å². The average molecular weight is 239 g/mol. The molecule has 0 heterocycles. The Labute approximate surface area is 103 Å². The van der Waals surface area contributed by atoms with Gasteiger partial charge in [0.25, 0.3) is 0 Å². The maximum atomic E-state index is 5.58. The molecule has 0 fully saturated rings. The molecule has 0 aliphatic rings. The van der Waals surface area contributed by atoms with Crippen molar-refractivity contribution in [3.63, 3.8) is 0 Å². The number of benzene rings is 1. The molecule has 0 aliphatic heterocycles. The van der Waals surface area contributed by atoms with Crippen LogP contribution in [0.15, 0.2) is 24.3 Å². The number of hydrogen-bond donors (Lipinski definition) is 1. The topological polar surface area (TPSA) is 21.3 Å². The normalized spacial score (nSPS) is 12.4. The fourth-order valence-corrected chi connectivity index (χ4v) is 1.72. The lowest BCUT2D eigenvalue weighted by molar-refractivity contribution is 0.335. The minimum Gasteiger partial charge on any atom is -0.494 e. The number of nitrogens with one attached hydrogen (secondary N) is 1. The minimum absolute atomic E-state index is 0.652. The highest BCUT2D eigenvalue weighted by molar-refractivity contribution is 7.99. The van der Waals surface area contributed by atoms with Crippen LogP contribution in [0.2, 0.25) is 0 Å².